The summed E-state index contributed by atoms with van der Waals surface area (Å²) in [6.45, 7) is 2.90. The smallest absolute Gasteiger partial charge is 0.243 e. The lowest BCUT2D eigenvalue weighted by atomic mass is 10.1. The lowest BCUT2D eigenvalue weighted by Crippen LogP contribution is -2.56. The van der Waals surface area contributed by atoms with E-state index in [1.165, 1.54) is 23.1 Å². The second-order valence-electron chi connectivity index (χ2n) is 8.92. The Morgan fingerprint density at radius 1 is 1.29 bits per heavy atom. The molecule has 34 heavy (non-hydrogen) atoms. The lowest BCUT2D eigenvalue weighted by molar-refractivity contribution is -0.147. The largest absolute Gasteiger partial charge is 0.330 e. The summed E-state index contributed by atoms with van der Waals surface area (Å²) in [5.41, 5.74) is 1.96. The number of carbonyl (C=O) groups is 2. The molecule has 1 aromatic rings. The van der Waals surface area contributed by atoms with Gasteiger partial charge >= 0.3 is 0 Å². The van der Waals surface area contributed by atoms with Crippen LogP contribution < -0.4 is 0 Å². The summed E-state index contributed by atoms with van der Waals surface area (Å²) in [4.78, 5) is 35.1. The zero-order chi connectivity index (χ0) is 24.2. The number of hydrogen-bond donors (Lipinski definition) is 1. The summed E-state index contributed by atoms with van der Waals surface area (Å²) < 4.78 is 27.3. The van der Waals surface area contributed by atoms with Gasteiger partial charge in [-0.2, -0.15) is 0 Å². The maximum absolute atomic E-state index is 13.6. The van der Waals surface area contributed by atoms with Gasteiger partial charge in [-0.25, -0.2) is 8.78 Å². The number of benzene rings is 1. The molecule has 1 fully saturated rings. The van der Waals surface area contributed by atoms with Crippen molar-refractivity contribution in [2.24, 2.45) is 4.99 Å². The van der Waals surface area contributed by atoms with Crippen molar-refractivity contribution in [2.75, 3.05) is 39.3 Å². The first-order valence-electron chi connectivity index (χ1n) is 11.5. The lowest BCUT2D eigenvalue weighted by Gasteiger charge is -2.37. The number of nitrogens with one attached hydrogen (secondary N) is 1. The molecule has 0 spiro atoms. The summed E-state index contributed by atoms with van der Waals surface area (Å²) in [6.07, 6.45) is 6.82. The molecular formula is C25H29F2N5O2. The highest BCUT2D eigenvalue weighted by molar-refractivity contribution is 6.00. The molecule has 4 rings (SSSR count). The van der Waals surface area contributed by atoms with Crippen molar-refractivity contribution in [3.63, 3.8) is 0 Å². The average Bonchev–Trinajstić information content (AvgIpc) is 3.47. The Kier molecular flexibility index (Phi) is 7.31. The third-order valence-electron chi connectivity index (χ3n) is 6.32. The number of nitrogens with zero attached hydrogens (tertiary/aromatic N) is 4. The van der Waals surface area contributed by atoms with E-state index in [1.807, 2.05) is 6.21 Å². The van der Waals surface area contributed by atoms with Gasteiger partial charge in [0.05, 0.1) is 18.8 Å². The number of halogens is 2. The van der Waals surface area contributed by atoms with E-state index in [0.717, 1.165) is 18.4 Å². The van der Waals surface area contributed by atoms with E-state index in [2.05, 4.69) is 4.99 Å². The Bertz CT molecular complexity index is 1070. The van der Waals surface area contributed by atoms with Crippen LogP contribution in [-0.2, 0) is 9.59 Å². The number of rotatable bonds is 8. The third kappa shape index (κ3) is 5.64. The molecule has 2 heterocycles. The number of allylic oxidation sites excluding steroid dienone is 2. The molecular weight excluding hydrogens is 440 g/mol. The Balaban J connectivity index is 1.42. The molecule has 2 unspecified atom stereocenters. The summed E-state index contributed by atoms with van der Waals surface area (Å²) in [5, 5.41) is 8.51. The van der Waals surface area contributed by atoms with Crippen LogP contribution in [0.15, 0.2) is 47.0 Å². The van der Waals surface area contributed by atoms with Crippen LogP contribution in [0.3, 0.4) is 0 Å². The topological polar surface area (TPSA) is 80.1 Å². The minimum atomic E-state index is -1.16. The van der Waals surface area contributed by atoms with Crippen LogP contribution in [0.2, 0.25) is 0 Å². The van der Waals surface area contributed by atoms with Crippen molar-refractivity contribution >= 4 is 23.7 Å². The third-order valence-corrected chi connectivity index (χ3v) is 6.32. The van der Waals surface area contributed by atoms with Crippen LogP contribution in [0.25, 0.3) is 0 Å². The summed E-state index contributed by atoms with van der Waals surface area (Å²) in [6, 6.07) is 4.47. The van der Waals surface area contributed by atoms with E-state index in [-0.39, 0.29) is 55.7 Å². The van der Waals surface area contributed by atoms with Gasteiger partial charge in [-0.1, -0.05) is 12.1 Å². The molecule has 9 heteroatoms. The highest BCUT2D eigenvalue weighted by atomic mass is 19.1. The van der Waals surface area contributed by atoms with E-state index in [1.54, 1.807) is 34.9 Å². The molecule has 2 atom stereocenters. The number of carbonyl (C=O) groups excluding carboxylic acids is 2. The second kappa shape index (κ2) is 10.4. The molecule has 7 nitrogen and oxygen atoms in total. The van der Waals surface area contributed by atoms with Crippen molar-refractivity contribution in [3.05, 3.63) is 58.9 Å². The Labute approximate surface area is 197 Å². The van der Waals surface area contributed by atoms with Crippen LogP contribution in [0, 0.1) is 18.2 Å². The van der Waals surface area contributed by atoms with Crippen molar-refractivity contribution < 1.29 is 18.4 Å². The SMILES string of the molecule is Cc1cc(C(=N)CN(CC(=O)N2CCN(C3CCC=N3)C(=O)C2)CC2=CC(F)C=C2)ccc1F. The number of aliphatic imine (C=N–C) groups is 1. The standard InChI is InChI=1S/C25H29F2N5O2/c1-17-11-19(5-7-21(17)27)22(28)14-30(13-18-4-6-20(26)12-18)15-24(33)31-9-10-32(25(34)16-31)23-3-2-8-29-23/h4-8,11-12,20,23,28H,2-3,9-10,13-16H2,1H3. The molecule has 1 N–H and O–H groups in total. The van der Waals surface area contributed by atoms with E-state index in [4.69, 9.17) is 5.41 Å². The van der Waals surface area contributed by atoms with Gasteiger partial charge in [0.2, 0.25) is 11.8 Å². The molecule has 0 radical (unpaired) electrons. The fourth-order valence-corrected chi connectivity index (χ4v) is 4.45. The Morgan fingerprint density at radius 2 is 2.12 bits per heavy atom. The molecule has 0 bridgehead atoms. The first-order chi connectivity index (χ1) is 16.3. The van der Waals surface area contributed by atoms with E-state index < -0.39 is 6.17 Å². The van der Waals surface area contributed by atoms with E-state index in [0.29, 0.717) is 24.2 Å². The maximum Gasteiger partial charge on any atom is 0.243 e. The zero-order valence-electron chi connectivity index (χ0n) is 19.2. The molecule has 0 saturated carbocycles. The van der Waals surface area contributed by atoms with Crippen molar-refractivity contribution in [3.8, 4) is 0 Å². The molecule has 2 amide bonds. The molecule has 2 aliphatic heterocycles. The van der Waals surface area contributed by atoms with Gasteiger partial charge < -0.3 is 15.2 Å². The molecule has 1 saturated heterocycles. The number of hydrogen-bond acceptors (Lipinski definition) is 5. The van der Waals surface area contributed by atoms with Crippen molar-refractivity contribution in [2.45, 2.75) is 32.1 Å². The maximum atomic E-state index is 13.6. The van der Waals surface area contributed by atoms with Gasteiger partial charge in [0.15, 0.2) is 0 Å². The summed E-state index contributed by atoms with van der Waals surface area (Å²) in [7, 11) is 0. The van der Waals surface area contributed by atoms with Gasteiger partial charge in [-0.15, -0.1) is 0 Å². The normalized spacial score (nSPS) is 22.1. The van der Waals surface area contributed by atoms with Crippen LogP contribution in [-0.4, -0.2) is 90.0 Å². The first-order valence-corrected chi connectivity index (χ1v) is 11.5. The molecule has 1 aliphatic carbocycles. The van der Waals surface area contributed by atoms with Gasteiger partial charge in [0.25, 0.3) is 0 Å². The zero-order valence-corrected chi connectivity index (χ0v) is 19.2. The molecule has 1 aromatic carbocycles. The van der Waals surface area contributed by atoms with Gasteiger partial charge in [-0.3, -0.25) is 19.5 Å². The van der Waals surface area contributed by atoms with Gasteiger partial charge in [0.1, 0.15) is 18.2 Å². The van der Waals surface area contributed by atoms with Gasteiger partial charge in [-0.05, 0) is 60.8 Å². The number of aryl methyl sites for hydroxylation is 1. The predicted molar refractivity (Wildman–Crippen MR) is 126 cm³/mol. The Hall–Kier alpha value is -3.20. The quantitative estimate of drug-likeness (QED) is 0.594. The second-order valence-corrected chi connectivity index (χ2v) is 8.92. The fraction of sp³-hybridized carbons (Fsp3) is 0.440. The highest BCUT2D eigenvalue weighted by Gasteiger charge is 2.32. The summed E-state index contributed by atoms with van der Waals surface area (Å²) >= 11 is 0. The number of piperazine rings is 1. The predicted octanol–water partition coefficient (Wildman–Crippen LogP) is 2.50. The summed E-state index contributed by atoms with van der Waals surface area (Å²) in [5.74, 6) is -0.678. The average molecular weight is 470 g/mol. The first kappa shape index (κ1) is 23.9. The Morgan fingerprint density at radius 3 is 2.76 bits per heavy atom. The highest BCUT2D eigenvalue weighted by Crippen LogP contribution is 2.18. The van der Waals surface area contributed by atoms with Crippen molar-refractivity contribution in [1.29, 1.82) is 5.41 Å². The monoisotopic (exact) mass is 469 g/mol. The van der Waals surface area contributed by atoms with Crippen molar-refractivity contribution in [1.82, 2.24) is 14.7 Å². The number of alkyl halides is 1. The van der Waals surface area contributed by atoms with Crippen LogP contribution >= 0.6 is 0 Å². The van der Waals surface area contributed by atoms with Crippen LogP contribution in [0.1, 0.15) is 24.0 Å². The van der Waals surface area contributed by atoms with Crippen LogP contribution in [0.4, 0.5) is 8.78 Å². The van der Waals surface area contributed by atoms with E-state index in [9.17, 15) is 18.4 Å². The minimum Gasteiger partial charge on any atom is -0.330 e. The van der Waals surface area contributed by atoms with Gasteiger partial charge in [0, 0.05) is 32.4 Å². The molecule has 0 aromatic heterocycles. The molecule has 3 aliphatic rings. The number of amides is 2. The van der Waals surface area contributed by atoms with E-state index >= 15 is 0 Å². The molecule has 180 valence electrons. The van der Waals surface area contributed by atoms with Crippen LogP contribution in [0.5, 0.6) is 0 Å². The minimum absolute atomic E-state index is 0.00243. The fourth-order valence-electron chi connectivity index (χ4n) is 4.45.